The quantitative estimate of drug-likeness (QED) is 0.0652. The fourth-order valence-corrected chi connectivity index (χ4v) is 15.2. The Morgan fingerprint density at radius 3 is 2.06 bits per heavy atom. The van der Waals surface area contributed by atoms with E-state index in [0.29, 0.717) is 114 Å². The molecule has 7 aliphatic rings. The van der Waals surface area contributed by atoms with Crippen molar-refractivity contribution in [1.29, 1.82) is 0 Å². The lowest BCUT2D eigenvalue weighted by Crippen LogP contribution is -2.64. The second kappa shape index (κ2) is 31.2. The molecule has 4 aromatic rings. The van der Waals surface area contributed by atoms with Crippen LogP contribution in [0.1, 0.15) is 165 Å². The zero-order valence-corrected chi connectivity index (χ0v) is 58.2. The Labute approximate surface area is 571 Å². The molecule has 7 heterocycles. The first-order chi connectivity index (χ1) is 46.0. The minimum absolute atomic E-state index is 0.00602. The van der Waals surface area contributed by atoms with Gasteiger partial charge in [-0.2, -0.15) is 0 Å². The largest absolute Gasteiger partial charge is 0.444 e. The molecule has 11 rings (SSSR count). The number of ether oxygens (including phenoxy) is 2. The summed E-state index contributed by atoms with van der Waals surface area (Å²) in [5.41, 5.74) is 0.463. The highest BCUT2D eigenvalue weighted by Crippen LogP contribution is 2.35. The Bertz CT molecular complexity index is 3330. The summed E-state index contributed by atoms with van der Waals surface area (Å²) in [4.78, 5) is 127. The van der Waals surface area contributed by atoms with Crippen LogP contribution in [0.3, 0.4) is 0 Å². The number of benzene rings is 2. The summed E-state index contributed by atoms with van der Waals surface area (Å²) >= 11 is 6.37. The SMILES string of the molecule is CC(C)(C)OC(=O)NC1(C(=O)N[C@@H](CCN2CCN(C(=O)CN3CCC(CN4CCN(C(=O)[C@H](NC(=O)c5cccc(C6CCCN(C(=O)CN(C(=O)OC(C)(C)C)C7CC7)C6)c5)C5CCCCC5)CC4)CC3)CC2)c2ccc(Cl)cc2)CCN(c2ncnc3[nH]ccc23)CC1. The highest BCUT2D eigenvalue weighted by Gasteiger charge is 2.46. The van der Waals surface area contributed by atoms with E-state index in [4.69, 9.17) is 21.1 Å². The number of nitrogens with one attached hydrogen (secondary N) is 4. The number of alkyl carbamates (subject to hydrolysis) is 1. The molecule has 7 fully saturated rings. The van der Waals surface area contributed by atoms with Gasteiger partial charge < -0.3 is 50.0 Å². The first-order valence-electron chi connectivity index (χ1n) is 35.5. The Hall–Kier alpha value is -7.08. The molecular formula is C72H103ClN14O9. The van der Waals surface area contributed by atoms with E-state index in [0.717, 1.165) is 131 Å². The number of aromatic nitrogens is 3. The molecule has 0 bridgehead atoms. The van der Waals surface area contributed by atoms with Crippen molar-refractivity contribution in [1.82, 2.24) is 65.2 Å². The van der Waals surface area contributed by atoms with Gasteiger partial charge >= 0.3 is 12.2 Å². The van der Waals surface area contributed by atoms with E-state index < -0.39 is 41.0 Å². The molecule has 24 heteroatoms. The lowest BCUT2D eigenvalue weighted by molar-refractivity contribution is -0.137. The van der Waals surface area contributed by atoms with Gasteiger partial charge in [-0.1, -0.05) is 55.1 Å². The summed E-state index contributed by atoms with van der Waals surface area (Å²) < 4.78 is 11.4. The summed E-state index contributed by atoms with van der Waals surface area (Å²) in [6, 6.07) is 16.2. The number of carbonyl (C=O) groups is 7. The van der Waals surface area contributed by atoms with Crippen LogP contribution in [0.25, 0.3) is 11.0 Å². The Balaban J connectivity index is 0.615. The van der Waals surface area contributed by atoms with Crippen LogP contribution in [0.5, 0.6) is 0 Å². The number of hydrogen-bond acceptors (Lipinski definition) is 15. The van der Waals surface area contributed by atoms with Crippen molar-refractivity contribution >= 4 is 70.2 Å². The minimum atomic E-state index is -1.25. The van der Waals surface area contributed by atoms with Crippen molar-refractivity contribution in [3.8, 4) is 0 Å². The van der Waals surface area contributed by atoms with Crippen molar-refractivity contribution in [2.24, 2.45) is 11.8 Å². The number of nitrogens with zero attached hydrogens (tertiary/aromatic N) is 10. The first kappa shape index (κ1) is 70.2. The molecule has 7 amide bonds. The number of carbonyl (C=O) groups excluding carboxylic acids is 7. The van der Waals surface area contributed by atoms with Crippen LogP contribution in [-0.4, -0.2) is 238 Å². The van der Waals surface area contributed by atoms with Gasteiger partial charge in [0.05, 0.1) is 18.0 Å². The van der Waals surface area contributed by atoms with E-state index in [1.165, 1.54) is 6.33 Å². The van der Waals surface area contributed by atoms with E-state index in [9.17, 15) is 33.6 Å². The lowest BCUT2D eigenvalue weighted by atomic mass is 9.83. The Kier molecular flexibility index (Phi) is 22.8. The topological polar surface area (TPSA) is 242 Å². The lowest BCUT2D eigenvalue weighted by Gasteiger charge is -2.42. The molecule has 23 nitrogen and oxygen atoms in total. The molecule has 96 heavy (non-hydrogen) atoms. The molecule has 522 valence electrons. The summed E-state index contributed by atoms with van der Waals surface area (Å²) in [5.74, 6) is 0.914. The molecule has 0 spiro atoms. The summed E-state index contributed by atoms with van der Waals surface area (Å²) in [7, 11) is 0. The average molecular weight is 1340 g/mol. The maximum Gasteiger partial charge on any atom is 0.411 e. The van der Waals surface area contributed by atoms with Gasteiger partial charge in [0.25, 0.3) is 5.91 Å². The zero-order chi connectivity index (χ0) is 67.7. The van der Waals surface area contributed by atoms with Gasteiger partial charge in [0.2, 0.25) is 23.6 Å². The fraction of sp³-hybridized carbons (Fsp3) is 0.653. The summed E-state index contributed by atoms with van der Waals surface area (Å²) in [6.07, 6.45) is 14.0. The van der Waals surface area contributed by atoms with Crippen LogP contribution in [-0.2, 0) is 28.7 Å². The van der Waals surface area contributed by atoms with E-state index in [1.807, 2.05) is 96.3 Å². The van der Waals surface area contributed by atoms with Gasteiger partial charge in [-0.15, -0.1) is 0 Å². The van der Waals surface area contributed by atoms with Crippen molar-refractivity contribution in [2.45, 2.75) is 172 Å². The van der Waals surface area contributed by atoms with Crippen LogP contribution in [0.4, 0.5) is 15.4 Å². The highest BCUT2D eigenvalue weighted by molar-refractivity contribution is 6.30. The van der Waals surface area contributed by atoms with Crippen molar-refractivity contribution < 1.29 is 43.0 Å². The van der Waals surface area contributed by atoms with Gasteiger partial charge in [-0.05, 0) is 179 Å². The van der Waals surface area contributed by atoms with Crippen LogP contribution in [0, 0.1) is 11.8 Å². The second-order valence-electron chi connectivity index (χ2n) is 30.1. The number of fused-ring (bicyclic) bond motifs is 1. The summed E-state index contributed by atoms with van der Waals surface area (Å²) in [5, 5.41) is 11.1. The Morgan fingerprint density at radius 2 is 1.38 bits per heavy atom. The molecular weight excluding hydrogens is 1240 g/mol. The maximum absolute atomic E-state index is 14.8. The molecule has 3 atom stereocenters. The third-order valence-corrected chi connectivity index (χ3v) is 21.0. The van der Waals surface area contributed by atoms with Crippen molar-refractivity contribution in [3.63, 3.8) is 0 Å². The number of hydrogen-bond donors (Lipinski definition) is 4. The number of likely N-dealkylation sites (tertiary alicyclic amines) is 2. The standard InChI is InChI=1S/C72H103ClN14O9/c1-70(2,3)95-68(93)79-72(27-34-84(35-28-72)64-58-23-29-74-63(58)75-49-76-64)67(92)77-59(51-17-19-56(73)20-18-51)26-33-80-36-40-83(41-37-80)60(88)47-81-31-24-50(25-32-81)45-82-38-42-85(43-39-82)66(91)62(52-12-8-7-9-13-52)78-65(90)54-15-10-14-53(44-54)55-16-11-30-86(46-55)61(89)48-87(57-21-22-57)69(94)96-71(4,5)6/h10,14-15,17-20,23,29,44,49-50,52,55,57,59,62H,7-9,11-13,16,21-22,24-28,30-43,45-48H2,1-6H3,(H,77,92)(H,78,90)(H,79,93)(H,74,75,76)/t55?,59-,62+/m0/s1. The van der Waals surface area contributed by atoms with Gasteiger partial charge in [0, 0.05) is 120 Å². The number of aromatic amines is 1. The van der Waals surface area contributed by atoms with E-state index >= 15 is 0 Å². The highest BCUT2D eigenvalue weighted by atomic mass is 35.5. The van der Waals surface area contributed by atoms with Crippen LogP contribution in [0.2, 0.25) is 5.02 Å². The molecule has 0 radical (unpaired) electrons. The predicted octanol–water partition coefficient (Wildman–Crippen LogP) is 8.21. The normalized spacial score (nSPS) is 21.3. The van der Waals surface area contributed by atoms with Crippen LogP contribution < -0.4 is 20.9 Å². The molecule has 5 aliphatic heterocycles. The zero-order valence-electron chi connectivity index (χ0n) is 57.5. The van der Waals surface area contributed by atoms with Crippen molar-refractivity contribution in [2.75, 3.05) is 123 Å². The molecule has 4 N–H and O–H groups in total. The number of halogens is 1. The van der Waals surface area contributed by atoms with E-state index in [2.05, 4.69) is 50.5 Å². The van der Waals surface area contributed by atoms with Crippen LogP contribution in [0.15, 0.2) is 67.1 Å². The monoisotopic (exact) mass is 1340 g/mol. The van der Waals surface area contributed by atoms with Gasteiger partial charge in [-0.25, -0.2) is 19.6 Å². The molecule has 2 saturated carbocycles. The van der Waals surface area contributed by atoms with E-state index in [-0.39, 0.29) is 54.0 Å². The third-order valence-electron chi connectivity index (χ3n) is 20.7. The number of H-pyrrole nitrogens is 1. The van der Waals surface area contributed by atoms with Gasteiger partial charge in [-0.3, -0.25) is 43.6 Å². The second-order valence-corrected chi connectivity index (χ2v) is 30.5. The molecule has 5 saturated heterocycles. The summed E-state index contributed by atoms with van der Waals surface area (Å²) in [6.45, 7) is 22.1. The number of amides is 7. The smallest absolute Gasteiger partial charge is 0.411 e. The molecule has 2 aromatic carbocycles. The fourth-order valence-electron chi connectivity index (χ4n) is 15.1. The number of rotatable bonds is 20. The average Bonchev–Trinajstić information content (AvgIpc) is 1.16. The van der Waals surface area contributed by atoms with Crippen molar-refractivity contribution in [3.05, 3.63) is 88.8 Å². The minimum Gasteiger partial charge on any atom is -0.444 e. The van der Waals surface area contributed by atoms with Gasteiger partial charge in [0.15, 0.2) is 0 Å². The van der Waals surface area contributed by atoms with E-state index in [1.54, 1.807) is 25.7 Å². The number of piperidine rings is 3. The predicted molar refractivity (Wildman–Crippen MR) is 368 cm³/mol. The van der Waals surface area contributed by atoms with Crippen LogP contribution >= 0.6 is 11.6 Å². The molecule has 2 aliphatic carbocycles. The Morgan fingerprint density at radius 1 is 0.688 bits per heavy atom. The third kappa shape index (κ3) is 18.6. The first-order valence-corrected chi connectivity index (χ1v) is 35.9. The number of piperazine rings is 2. The maximum atomic E-state index is 14.8. The molecule has 1 unspecified atom stereocenters. The number of anilines is 1. The van der Waals surface area contributed by atoms with Gasteiger partial charge in [0.1, 0.15) is 47.1 Å². The molecule has 2 aromatic heterocycles.